The number of carbonyl (C=O) groups is 2. The molecule has 6 heteroatoms. The third kappa shape index (κ3) is 1.58. The molecule has 1 aromatic heterocycles. The Morgan fingerprint density at radius 1 is 1.15 bits per heavy atom. The number of amides is 2. The number of benzene rings is 1. The number of carbonyl (C=O) groups excluding carboxylic acids is 2. The molecule has 0 N–H and O–H groups in total. The van der Waals surface area contributed by atoms with E-state index in [1.807, 2.05) is 0 Å². The van der Waals surface area contributed by atoms with Crippen LogP contribution in [-0.2, 0) is 0 Å². The van der Waals surface area contributed by atoms with Crippen LogP contribution in [0.15, 0.2) is 36.5 Å². The average Bonchev–Trinajstić information content (AvgIpc) is 2.68. The Balaban J connectivity index is 2.17. The van der Waals surface area contributed by atoms with Gasteiger partial charge in [-0.1, -0.05) is 12.1 Å². The van der Waals surface area contributed by atoms with Crippen molar-refractivity contribution < 1.29 is 18.7 Å². The van der Waals surface area contributed by atoms with E-state index in [2.05, 4.69) is 0 Å². The van der Waals surface area contributed by atoms with Gasteiger partial charge in [-0.2, -0.15) is 0 Å². The third-order valence-corrected chi connectivity index (χ3v) is 3.20. The fourth-order valence-corrected chi connectivity index (χ4v) is 2.16. The molecule has 0 spiro atoms. The quantitative estimate of drug-likeness (QED) is 0.449. The van der Waals surface area contributed by atoms with E-state index < -0.39 is 17.6 Å². The van der Waals surface area contributed by atoms with Crippen LogP contribution in [-0.4, -0.2) is 11.8 Å². The largest absolute Gasteiger partial charge is 0.710 e. The van der Waals surface area contributed by atoms with Crippen molar-refractivity contribution in [2.75, 3.05) is 4.90 Å². The number of hydrogen-bond donors (Lipinski definition) is 0. The van der Waals surface area contributed by atoms with Crippen molar-refractivity contribution in [2.45, 2.75) is 6.92 Å². The first-order chi connectivity index (χ1) is 9.50. The van der Waals surface area contributed by atoms with Gasteiger partial charge in [0.25, 0.3) is 5.82 Å². The first kappa shape index (κ1) is 12.3. The zero-order chi connectivity index (χ0) is 14.4. The maximum Gasteiger partial charge on any atom is 0.349 e. The van der Waals surface area contributed by atoms with Crippen molar-refractivity contribution in [2.24, 2.45) is 0 Å². The summed E-state index contributed by atoms with van der Waals surface area (Å²) in [6.45, 7) is 1.46. The lowest BCUT2D eigenvalue weighted by Gasteiger charge is -2.13. The molecule has 1 aliphatic rings. The second-order valence-electron chi connectivity index (χ2n) is 4.48. The van der Waals surface area contributed by atoms with E-state index in [-0.39, 0.29) is 27.2 Å². The van der Waals surface area contributed by atoms with Crippen LogP contribution in [0.5, 0.6) is 0 Å². The van der Waals surface area contributed by atoms with Gasteiger partial charge in [0.1, 0.15) is 6.20 Å². The molecule has 0 saturated heterocycles. The first-order valence-corrected chi connectivity index (χ1v) is 5.88. The minimum atomic E-state index is -0.694. The van der Waals surface area contributed by atoms with Gasteiger partial charge in [-0.25, -0.2) is 18.7 Å². The number of aryl methyl sites for hydroxylation is 1. The Morgan fingerprint density at radius 2 is 1.70 bits per heavy atom. The lowest BCUT2D eigenvalue weighted by Crippen LogP contribution is -2.41. The molecule has 0 bridgehead atoms. The summed E-state index contributed by atoms with van der Waals surface area (Å²) in [7, 11) is 0. The van der Waals surface area contributed by atoms with Gasteiger partial charge in [-0.3, -0.25) is 0 Å². The molecule has 100 valence electrons. The predicted molar refractivity (Wildman–Crippen MR) is 67.7 cm³/mol. The van der Waals surface area contributed by atoms with Crippen LogP contribution < -0.4 is 9.63 Å². The highest BCUT2D eigenvalue weighted by Gasteiger charge is 2.44. The summed E-state index contributed by atoms with van der Waals surface area (Å²) >= 11 is 0. The van der Waals surface area contributed by atoms with Crippen LogP contribution in [0.3, 0.4) is 0 Å². The van der Waals surface area contributed by atoms with Crippen molar-refractivity contribution in [1.82, 2.24) is 0 Å². The van der Waals surface area contributed by atoms with E-state index in [0.717, 1.165) is 4.90 Å². The number of fused-ring (bicyclic) bond motifs is 1. The summed E-state index contributed by atoms with van der Waals surface area (Å²) in [5, 5.41) is 11.8. The van der Waals surface area contributed by atoms with E-state index >= 15 is 0 Å². The molecule has 3 rings (SSSR count). The van der Waals surface area contributed by atoms with Crippen LogP contribution in [0.25, 0.3) is 0 Å². The van der Waals surface area contributed by atoms with Crippen LogP contribution >= 0.6 is 0 Å². The number of nitrogens with zero attached hydrogens (tertiary/aromatic N) is 2. The average molecular weight is 272 g/mol. The molecule has 0 saturated carbocycles. The van der Waals surface area contributed by atoms with E-state index in [9.17, 15) is 19.2 Å². The summed E-state index contributed by atoms with van der Waals surface area (Å²) in [5.41, 5.74) is 0.655. The lowest BCUT2D eigenvalue weighted by molar-refractivity contribution is -0.593. The highest BCUT2D eigenvalue weighted by molar-refractivity contribution is 6.33. The maximum atomic E-state index is 13.3. The number of imide groups is 1. The number of hydrogen-bond acceptors (Lipinski definition) is 3. The van der Waals surface area contributed by atoms with Gasteiger partial charge >= 0.3 is 11.8 Å². The summed E-state index contributed by atoms with van der Waals surface area (Å²) in [4.78, 5) is 25.2. The first-order valence-electron chi connectivity index (χ1n) is 5.88. The van der Waals surface area contributed by atoms with E-state index in [1.165, 1.54) is 25.1 Å². The Hall–Kier alpha value is -2.76. The van der Waals surface area contributed by atoms with Gasteiger partial charge in [0.15, 0.2) is 5.82 Å². The van der Waals surface area contributed by atoms with Crippen molar-refractivity contribution in [3.63, 3.8) is 0 Å². The Bertz CT molecular complexity index is 723. The molecule has 0 radical (unpaired) electrons. The fourth-order valence-electron chi connectivity index (χ4n) is 2.16. The van der Waals surface area contributed by atoms with Crippen molar-refractivity contribution in [3.8, 4) is 0 Å². The van der Waals surface area contributed by atoms with Crippen molar-refractivity contribution in [1.29, 1.82) is 0 Å². The standard InChI is InChI=1S/C14H9FN2O3/c1-8-6-12(16(20)7-11(8)15)17-13(18)9-4-2-3-5-10(9)14(17)19/h2-7H,1H3. The molecule has 1 aromatic carbocycles. The molecule has 0 aliphatic carbocycles. The molecule has 20 heavy (non-hydrogen) atoms. The lowest BCUT2D eigenvalue weighted by atomic mass is 10.1. The highest BCUT2D eigenvalue weighted by atomic mass is 19.1. The van der Waals surface area contributed by atoms with Gasteiger partial charge in [-0.05, 0) is 24.6 Å². The number of anilines is 1. The van der Waals surface area contributed by atoms with E-state index in [4.69, 9.17) is 0 Å². The molecule has 0 fully saturated rings. The normalized spacial score (nSPS) is 13.8. The number of aromatic nitrogens is 1. The van der Waals surface area contributed by atoms with Gasteiger partial charge in [0, 0.05) is 6.07 Å². The Morgan fingerprint density at radius 3 is 2.25 bits per heavy atom. The van der Waals surface area contributed by atoms with Crippen molar-refractivity contribution >= 4 is 17.6 Å². The smallest absolute Gasteiger partial charge is 0.349 e. The minimum Gasteiger partial charge on any atom is -0.710 e. The summed E-state index contributed by atoms with van der Waals surface area (Å²) in [6.07, 6.45) is 0.703. The van der Waals surface area contributed by atoms with Crippen LogP contribution in [0.1, 0.15) is 26.3 Å². The molecule has 2 aromatic rings. The van der Waals surface area contributed by atoms with Crippen molar-refractivity contribution in [3.05, 3.63) is 64.2 Å². The highest BCUT2D eigenvalue weighted by Crippen LogP contribution is 2.26. The molecule has 0 atom stereocenters. The molecule has 5 nitrogen and oxygen atoms in total. The fraction of sp³-hybridized carbons (Fsp3) is 0.0714. The van der Waals surface area contributed by atoms with Gasteiger partial charge in [0.05, 0.1) is 11.1 Å². The summed E-state index contributed by atoms with van der Waals surface area (Å²) < 4.78 is 13.5. The topological polar surface area (TPSA) is 64.3 Å². The van der Waals surface area contributed by atoms with Crippen LogP contribution in [0, 0.1) is 17.9 Å². The summed E-state index contributed by atoms with van der Waals surface area (Å²) in [6, 6.07) is 7.48. The molecular formula is C14H9FN2O3. The van der Waals surface area contributed by atoms with Gasteiger partial charge < -0.3 is 5.21 Å². The zero-order valence-electron chi connectivity index (χ0n) is 10.5. The SMILES string of the molecule is Cc1cc(N2C(=O)c3ccccc3C2=O)[n+]([O-])cc1F. The molecule has 0 unspecified atom stereocenters. The number of rotatable bonds is 1. The van der Waals surface area contributed by atoms with E-state index in [1.54, 1.807) is 12.1 Å². The van der Waals surface area contributed by atoms with Gasteiger partial charge in [-0.15, -0.1) is 4.90 Å². The summed E-state index contributed by atoms with van der Waals surface area (Å²) in [5.74, 6) is -2.06. The maximum absolute atomic E-state index is 13.3. The zero-order valence-corrected chi connectivity index (χ0v) is 10.5. The monoisotopic (exact) mass is 272 g/mol. The van der Waals surface area contributed by atoms with Gasteiger partial charge in [0.2, 0.25) is 0 Å². The molecule has 2 heterocycles. The second-order valence-corrected chi connectivity index (χ2v) is 4.48. The molecule has 1 aliphatic heterocycles. The van der Waals surface area contributed by atoms with Crippen LogP contribution in [0.2, 0.25) is 0 Å². The number of pyridine rings is 1. The predicted octanol–water partition coefficient (Wildman–Crippen LogP) is 1.57. The molecule has 2 amide bonds. The second kappa shape index (κ2) is 4.12. The molecular weight excluding hydrogens is 263 g/mol. The number of halogens is 1. The Labute approximate surface area is 113 Å². The van der Waals surface area contributed by atoms with E-state index in [0.29, 0.717) is 6.20 Å². The Kier molecular flexibility index (Phi) is 2.53. The minimum absolute atomic E-state index is 0.184. The third-order valence-electron chi connectivity index (χ3n) is 3.20. The van der Waals surface area contributed by atoms with Crippen LogP contribution in [0.4, 0.5) is 10.2 Å².